The number of hydrogen-bond donors (Lipinski definition) is 0. The van der Waals surface area contributed by atoms with E-state index in [2.05, 4.69) is 57.9 Å². The second-order valence-electron chi connectivity index (χ2n) is 8.95. The zero-order valence-corrected chi connectivity index (χ0v) is 26.4. The first-order chi connectivity index (χ1) is 20.0. The summed E-state index contributed by atoms with van der Waals surface area (Å²) < 4.78 is 55.4. The smallest absolute Gasteiger partial charge is 0.416 e. The van der Waals surface area contributed by atoms with Crippen molar-refractivity contribution in [2.75, 3.05) is 7.11 Å². The Hall–Kier alpha value is -3.48. The van der Waals surface area contributed by atoms with Crippen molar-refractivity contribution in [3.05, 3.63) is 119 Å². The third kappa shape index (κ3) is 6.45. The molecule has 0 saturated carbocycles. The molecule has 6 nitrogen and oxygen atoms in total. The topological polar surface area (TPSA) is 65.7 Å². The van der Waals surface area contributed by atoms with Crippen molar-refractivity contribution in [2.45, 2.75) is 12.8 Å². The van der Waals surface area contributed by atoms with Gasteiger partial charge in [-0.1, -0.05) is 62.2 Å². The molecule has 0 spiro atoms. The van der Waals surface area contributed by atoms with E-state index in [4.69, 9.17) is 9.47 Å². The van der Waals surface area contributed by atoms with E-state index in [1.807, 2.05) is 18.2 Å². The van der Waals surface area contributed by atoms with Crippen molar-refractivity contribution in [1.82, 2.24) is 9.66 Å². The molecule has 5 aromatic rings. The summed E-state index contributed by atoms with van der Waals surface area (Å²) in [6, 6.07) is 20.3. The Morgan fingerprint density at radius 1 is 0.952 bits per heavy atom. The number of aromatic nitrogens is 2. The molecule has 0 amide bonds. The van der Waals surface area contributed by atoms with Gasteiger partial charge in [0, 0.05) is 20.1 Å². The summed E-state index contributed by atoms with van der Waals surface area (Å²) in [4.78, 5) is 18.0. The average Bonchev–Trinajstić information content (AvgIpc) is 2.96. The number of fused-ring (bicyclic) bond motifs is 1. The molecule has 1 aromatic heterocycles. The number of alkyl halides is 3. The van der Waals surface area contributed by atoms with Gasteiger partial charge in [-0.3, -0.25) is 4.79 Å². The van der Waals surface area contributed by atoms with Gasteiger partial charge in [-0.2, -0.15) is 22.9 Å². The van der Waals surface area contributed by atoms with Crippen LogP contribution in [0.4, 0.5) is 13.2 Å². The fraction of sp³-hybridized carbons (Fsp3) is 0.100. The number of nitrogens with zero attached hydrogens (tertiary/aromatic N) is 3. The third-order valence-corrected chi connectivity index (χ3v) is 7.98. The maximum absolute atomic E-state index is 13.5. The minimum atomic E-state index is -4.57. The van der Waals surface area contributed by atoms with E-state index < -0.39 is 17.3 Å². The van der Waals surface area contributed by atoms with E-state index in [1.54, 1.807) is 36.4 Å². The van der Waals surface area contributed by atoms with Crippen LogP contribution in [0.3, 0.4) is 0 Å². The van der Waals surface area contributed by atoms with E-state index in [1.165, 1.54) is 25.5 Å². The fourth-order valence-corrected chi connectivity index (χ4v) is 5.86. The Bertz CT molecular complexity index is 1890. The van der Waals surface area contributed by atoms with Crippen molar-refractivity contribution in [2.24, 2.45) is 5.10 Å². The predicted molar refractivity (Wildman–Crippen MR) is 166 cm³/mol. The second kappa shape index (κ2) is 12.4. The first-order valence-electron chi connectivity index (χ1n) is 12.2. The maximum Gasteiger partial charge on any atom is 0.416 e. The molecule has 5 rings (SSSR count). The van der Waals surface area contributed by atoms with Crippen molar-refractivity contribution >= 4 is 64.9 Å². The van der Waals surface area contributed by atoms with Gasteiger partial charge in [0.15, 0.2) is 17.3 Å². The van der Waals surface area contributed by atoms with Gasteiger partial charge in [0.25, 0.3) is 5.56 Å². The van der Waals surface area contributed by atoms with Crippen LogP contribution in [0, 0.1) is 0 Å². The highest BCUT2D eigenvalue weighted by molar-refractivity contribution is 9.11. The van der Waals surface area contributed by atoms with Gasteiger partial charge in [0.1, 0.15) is 6.61 Å². The molecule has 0 aliphatic rings. The quantitative estimate of drug-likeness (QED) is 0.156. The number of ether oxygens (including phenoxy) is 2. The van der Waals surface area contributed by atoms with Crippen molar-refractivity contribution in [3.63, 3.8) is 0 Å². The highest BCUT2D eigenvalue weighted by Crippen LogP contribution is 2.37. The molecule has 0 N–H and O–H groups in total. The zero-order valence-electron chi connectivity index (χ0n) is 21.6. The first kappa shape index (κ1) is 30.0. The normalized spacial score (nSPS) is 11.8. The number of halogens is 6. The lowest BCUT2D eigenvalue weighted by Gasteiger charge is -2.14. The van der Waals surface area contributed by atoms with Crippen LogP contribution in [0.15, 0.2) is 102 Å². The Morgan fingerprint density at radius 3 is 2.48 bits per heavy atom. The monoisotopic (exact) mass is 763 g/mol. The van der Waals surface area contributed by atoms with Gasteiger partial charge < -0.3 is 9.47 Å². The number of hydrogen-bond acceptors (Lipinski definition) is 5. The Morgan fingerprint density at radius 2 is 1.74 bits per heavy atom. The molecular weight excluding hydrogens is 747 g/mol. The molecule has 0 atom stereocenters. The van der Waals surface area contributed by atoms with Gasteiger partial charge in [-0.15, -0.1) is 0 Å². The van der Waals surface area contributed by atoms with Crippen LogP contribution >= 0.6 is 47.8 Å². The minimum absolute atomic E-state index is 0.0351. The van der Waals surface area contributed by atoms with Crippen LogP contribution in [0.25, 0.3) is 22.3 Å². The van der Waals surface area contributed by atoms with Gasteiger partial charge in [0.2, 0.25) is 0 Å². The molecule has 0 fully saturated rings. The van der Waals surface area contributed by atoms with Crippen LogP contribution in [0.2, 0.25) is 0 Å². The molecular formula is C30H19Br3F3N3O3. The zero-order chi connectivity index (χ0) is 30.0. The van der Waals surface area contributed by atoms with Crippen molar-refractivity contribution in [1.29, 1.82) is 0 Å². The van der Waals surface area contributed by atoms with Crippen LogP contribution in [0.5, 0.6) is 11.5 Å². The molecule has 0 aliphatic carbocycles. The van der Waals surface area contributed by atoms with Crippen molar-refractivity contribution in [3.8, 4) is 22.9 Å². The average molecular weight is 766 g/mol. The Labute approximate surface area is 263 Å². The first-order valence-corrected chi connectivity index (χ1v) is 14.6. The summed E-state index contributed by atoms with van der Waals surface area (Å²) in [6.45, 7) is 0.259. The lowest BCUT2D eigenvalue weighted by atomic mass is 10.1. The number of methoxy groups -OCH3 is 1. The van der Waals surface area contributed by atoms with Crippen molar-refractivity contribution < 1.29 is 22.6 Å². The highest BCUT2D eigenvalue weighted by Gasteiger charge is 2.31. The summed E-state index contributed by atoms with van der Waals surface area (Å²) in [5, 5.41) is 4.63. The highest BCUT2D eigenvalue weighted by atomic mass is 79.9. The molecule has 0 saturated heterocycles. The summed E-state index contributed by atoms with van der Waals surface area (Å²) in [5.74, 6) is 0.826. The van der Waals surface area contributed by atoms with E-state index in [0.717, 1.165) is 31.3 Å². The minimum Gasteiger partial charge on any atom is -0.493 e. The van der Waals surface area contributed by atoms with Crippen LogP contribution in [0.1, 0.15) is 16.7 Å². The number of para-hydroxylation sites is 1. The maximum atomic E-state index is 13.5. The molecule has 0 unspecified atom stereocenters. The molecule has 214 valence electrons. The van der Waals surface area contributed by atoms with Gasteiger partial charge >= 0.3 is 6.18 Å². The van der Waals surface area contributed by atoms with Crippen LogP contribution in [-0.4, -0.2) is 23.0 Å². The van der Waals surface area contributed by atoms with Crippen LogP contribution < -0.4 is 15.0 Å². The van der Waals surface area contributed by atoms with Gasteiger partial charge in [-0.25, -0.2) is 4.98 Å². The standard InChI is InChI=1S/C30H19Br3F3N3O3/c1-41-26-12-17(11-24(33)27(26)42-16-19-9-10-21(31)14-23(19)32)15-37-39-28(18-5-4-6-20(13-18)30(34,35)36)38-25-8-3-2-7-22(25)29(39)40/h2-15H,16H2,1H3. The van der Waals surface area contributed by atoms with Gasteiger partial charge in [0.05, 0.1) is 34.3 Å². The SMILES string of the molecule is COc1cc(C=Nn2c(-c3cccc(C(F)(F)F)c3)nc3ccccc3c2=O)cc(Br)c1OCc1ccc(Br)cc1Br. The predicted octanol–water partition coefficient (Wildman–Crippen LogP) is 8.84. The summed E-state index contributed by atoms with van der Waals surface area (Å²) in [5.41, 5.74) is 0.484. The summed E-state index contributed by atoms with van der Waals surface area (Å²) in [7, 11) is 1.49. The van der Waals surface area contributed by atoms with Gasteiger partial charge in [-0.05, 0) is 70.0 Å². The van der Waals surface area contributed by atoms with E-state index in [0.29, 0.717) is 27.1 Å². The third-order valence-electron chi connectivity index (χ3n) is 6.16. The van der Waals surface area contributed by atoms with E-state index >= 15 is 0 Å². The second-order valence-corrected chi connectivity index (χ2v) is 11.6. The summed E-state index contributed by atoms with van der Waals surface area (Å²) >= 11 is 10.5. The molecule has 1 heterocycles. The largest absolute Gasteiger partial charge is 0.493 e. The molecule has 0 bridgehead atoms. The lowest BCUT2D eigenvalue weighted by molar-refractivity contribution is -0.137. The summed E-state index contributed by atoms with van der Waals surface area (Å²) in [6.07, 6.45) is -3.17. The molecule has 0 radical (unpaired) electrons. The van der Waals surface area contributed by atoms with E-state index in [-0.39, 0.29) is 23.4 Å². The lowest BCUT2D eigenvalue weighted by Crippen LogP contribution is -2.20. The number of benzene rings is 4. The molecule has 4 aromatic carbocycles. The molecule has 12 heteroatoms. The Kier molecular flexibility index (Phi) is 8.86. The Balaban J connectivity index is 1.54. The van der Waals surface area contributed by atoms with Crippen LogP contribution in [-0.2, 0) is 12.8 Å². The van der Waals surface area contributed by atoms with E-state index in [9.17, 15) is 18.0 Å². The number of rotatable bonds is 7. The molecule has 42 heavy (non-hydrogen) atoms. The molecule has 0 aliphatic heterocycles. The fourth-order valence-electron chi connectivity index (χ4n) is 4.12.